The number of furan rings is 1. The first kappa shape index (κ1) is 22.6. The van der Waals surface area contributed by atoms with E-state index in [-0.39, 0.29) is 5.41 Å². The van der Waals surface area contributed by atoms with Gasteiger partial charge < -0.3 is 8.98 Å². The van der Waals surface area contributed by atoms with Gasteiger partial charge in [0.1, 0.15) is 11.2 Å². The molecule has 0 N–H and O–H groups in total. The normalized spacial score (nSPS) is 13.8. The minimum absolute atomic E-state index is 0.0529. The molecule has 3 heteroatoms. The monoisotopic (exact) mass is 526 g/mol. The van der Waals surface area contributed by atoms with Crippen LogP contribution in [0.25, 0.3) is 71.8 Å². The third-order valence-corrected chi connectivity index (χ3v) is 9.06. The number of pyridine rings is 1. The average Bonchev–Trinajstić information content (AvgIpc) is 3.63. The zero-order valence-electron chi connectivity index (χ0n) is 22.8. The second kappa shape index (κ2) is 7.96. The fourth-order valence-electron chi connectivity index (χ4n) is 7.07. The van der Waals surface area contributed by atoms with Gasteiger partial charge >= 0.3 is 0 Å². The van der Waals surface area contributed by atoms with Crippen LogP contribution >= 0.6 is 0 Å². The molecular formula is C38H26N2O. The van der Waals surface area contributed by atoms with Gasteiger partial charge in [-0.25, -0.2) is 0 Å². The quantitative estimate of drug-likeness (QED) is 0.224. The lowest BCUT2D eigenvalue weighted by atomic mass is 9.82. The van der Waals surface area contributed by atoms with E-state index < -0.39 is 0 Å². The number of rotatable bonds is 2. The van der Waals surface area contributed by atoms with Crippen LogP contribution in [0.1, 0.15) is 25.0 Å². The molecule has 41 heavy (non-hydrogen) atoms. The molecule has 3 heterocycles. The Balaban J connectivity index is 1.25. The highest BCUT2D eigenvalue weighted by Gasteiger charge is 2.36. The van der Waals surface area contributed by atoms with Gasteiger partial charge in [0.05, 0.1) is 16.6 Å². The topological polar surface area (TPSA) is 31.0 Å². The van der Waals surface area contributed by atoms with Crippen molar-refractivity contribution in [2.75, 3.05) is 0 Å². The molecule has 0 unspecified atom stereocenters. The summed E-state index contributed by atoms with van der Waals surface area (Å²) in [5.74, 6) is 0. The summed E-state index contributed by atoms with van der Waals surface area (Å²) in [5.41, 5.74) is 13.9. The Hall–Kier alpha value is -5.15. The summed E-state index contributed by atoms with van der Waals surface area (Å²) in [6, 6.07) is 41.3. The Bertz CT molecular complexity index is 2330. The van der Waals surface area contributed by atoms with Crippen LogP contribution in [-0.2, 0) is 5.41 Å². The second-order valence-corrected chi connectivity index (χ2v) is 11.6. The third kappa shape index (κ3) is 3.01. The largest absolute Gasteiger partial charge is 0.455 e. The number of nitrogens with zero attached hydrogens (tertiary/aromatic N) is 2. The maximum absolute atomic E-state index is 6.33. The molecule has 8 aromatic rings. The van der Waals surface area contributed by atoms with Crippen molar-refractivity contribution in [1.29, 1.82) is 0 Å². The standard InChI is InChI=1S/C38H26N2O/c1-38(2)31-13-5-3-9-26(31)29-22-34-30(21-32(29)38)36-33(14-8-20-39-36)40(34)24-18-16-23(17-19-24)25-11-7-12-28-27-10-4-6-15-35(27)41-37(25)28/h3-22H,1-2H3. The van der Waals surface area contributed by atoms with E-state index in [2.05, 4.69) is 115 Å². The summed E-state index contributed by atoms with van der Waals surface area (Å²) in [5, 5.41) is 3.49. The van der Waals surface area contributed by atoms with Crippen molar-refractivity contribution in [3.05, 3.63) is 133 Å². The van der Waals surface area contributed by atoms with Crippen LogP contribution in [0.2, 0.25) is 0 Å². The summed E-state index contributed by atoms with van der Waals surface area (Å²) >= 11 is 0. The van der Waals surface area contributed by atoms with Crippen LogP contribution in [0.3, 0.4) is 0 Å². The van der Waals surface area contributed by atoms with Crippen molar-refractivity contribution in [3.8, 4) is 27.9 Å². The van der Waals surface area contributed by atoms with Crippen LogP contribution in [0.5, 0.6) is 0 Å². The Labute approximate surface area is 237 Å². The fraction of sp³-hybridized carbons (Fsp3) is 0.0789. The minimum atomic E-state index is -0.0529. The maximum atomic E-state index is 6.33. The number of hydrogen-bond acceptors (Lipinski definition) is 2. The third-order valence-electron chi connectivity index (χ3n) is 9.06. The number of aromatic nitrogens is 2. The van der Waals surface area contributed by atoms with E-state index in [1.807, 2.05) is 24.4 Å². The predicted octanol–water partition coefficient (Wildman–Crippen LogP) is 10.1. The first-order valence-corrected chi connectivity index (χ1v) is 14.1. The molecule has 1 aliphatic carbocycles. The molecular weight excluding hydrogens is 500 g/mol. The molecule has 3 nitrogen and oxygen atoms in total. The van der Waals surface area contributed by atoms with Gasteiger partial charge in [-0.3, -0.25) is 4.98 Å². The van der Waals surface area contributed by atoms with E-state index in [4.69, 9.17) is 9.40 Å². The first-order valence-electron chi connectivity index (χ1n) is 14.1. The summed E-state index contributed by atoms with van der Waals surface area (Å²) in [6.07, 6.45) is 1.90. The smallest absolute Gasteiger partial charge is 0.143 e. The summed E-state index contributed by atoms with van der Waals surface area (Å²) in [4.78, 5) is 4.86. The van der Waals surface area contributed by atoms with Crippen molar-refractivity contribution >= 4 is 43.9 Å². The maximum Gasteiger partial charge on any atom is 0.143 e. The number of hydrogen-bond donors (Lipinski definition) is 0. The molecule has 9 rings (SSSR count). The molecule has 0 amide bonds. The highest BCUT2D eigenvalue weighted by Crippen LogP contribution is 2.50. The van der Waals surface area contributed by atoms with Crippen molar-refractivity contribution in [2.45, 2.75) is 19.3 Å². The minimum Gasteiger partial charge on any atom is -0.455 e. The number of fused-ring (bicyclic) bond motifs is 9. The Morgan fingerprint density at radius 2 is 1.39 bits per heavy atom. The van der Waals surface area contributed by atoms with Gasteiger partial charge in [0.15, 0.2) is 0 Å². The Kier molecular flexibility index (Phi) is 4.39. The summed E-state index contributed by atoms with van der Waals surface area (Å²) < 4.78 is 8.69. The van der Waals surface area contributed by atoms with E-state index in [9.17, 15) is 0 Å². The fourth-order valence-corrected chi connectivity index (χ4v) is 7.07. The first-order chi connectivity index (χ1) is 20.1. The SMILES string of the molecule is CC1(C)c2ccccc2-c2cc3c(cc21)c1ncccc1n3-c1ccc(-c2cccc3c2oc2ccccc23)cc1. The van der Waals surface area contributed by atoms with Crippen LogP contribution in [0.4, 0.5) is 0 Å². The lowest BCUT2D eigenvalue weighted by molar-refractivity contribution is 0.661. The molecule has 194 valence electrons. The zero-order valence-corrected chi connectivity index (χ0v) is 22.8. The predicted molar refractivity (Wildman–Crippen MR) is 169 cm³/mol. The van der Waals surface area contributed by atoms with E-state index in [0.29, 0.717) is 0 Å². The molecule has 5 aromatic carbocycles. The van der Waals surface area contributed by atoms with Crippen molar-refractivity contribution < 1.29 is 4.42 Å². The molecule has 0 aliphatic heterocycles. The molecule has 0 saturated heterocycles. The van der Waals surface area contributed by atoms with Crippen molar-refractivity contribution in [3.63, 3.8) is 0 Å². The van der Waals surface area contributed by atoms with E-state index in [0.717, 1.165) is 49.8 Å². The second-order valence-electron chi connectivity index (χ2n) is 11.6. The highest BCUT2D eigenvalue weighted by molar-refractivity contribution is 6.11. The number of benzene rings is 5. The lowest BCUT2D eigenvalue weighted by Gasteiger charge is -2.21. The molecule has 0 atom stereocenters. The molecule has 0 spiro atoms. The van der Waals surface area contributed by atoms with Gasteiger partial charge in [0.25, 0.3) is 0 Å². The zero-order chi connectivity index (χ0) is 27.3. The summed E-state index contributed by atoms with van der Waals surface area (Å²) in [7, 11) is 0. The lowest BCUT2D eigenvalue weighted by Crippen LogP contribution is -2.14. The molecule has 3 aromatic heterocycles. The van der Waals surface area contributed by atoms with Crippen LogP contribution in [-0.4, -0.2) is 9.55 Å². The van der Waals surface area contributed by atoms with Crippen molar-refractivity contribution in [1.82, 2.24) is 9.55 Å². The van der Waals surface area contributed by atoms with Gasteiger partial charge in [0, 0.05) is 39.0 Å². The van der Waals surface area contributed by atoms with E-state index >= 15 is 0 Å². The summed E-state index contributed by atoms with van der Waals surface area (Å²) in [6.45, 7) is 4.66. The van der Waals surface area contributed by atoms with Gasteiger partial charge in [-0.15, -0.1) is 0 Å². The molecule has 0 saturated carbocycles. The van der Waals surface area contributed by atoms with Crippen LogP contribution in [0, 0.1) is 0 Å². The van der Waals surface area contributed by atoms with Gasteiger partial charge in [-0.1, -0.05) is 86.6 Å². The molecule has 0 radical (unpaired) electrons. The van der Waals surface area contributed by atoms with E-state index in [1.54, 1.807) is 0 Å². The van der Waals surface area contributed by atoms with Gasteiger partial charge in [-0.05, 0) is 70.3 Å². The average molecular weight is 527 g/mol. The van der Waals surface area contributed by atoms with Crippen molar-refractivity contribution in [2.24, 2.45) is 0 Å². The highest BCUT2D eigenvalue weighted by atomic mass is 16.3. The van der Waals surface area contributed by atoms with Crippen LogP contribution in [0.15, 0.2) is 126 Å². The molecule has 1 aliphatic rings. The van der Waals surface area contributed by atoms with Gasteiger partial charge in [0.2, 0.25) is 0 Å². The van der Waals surface area contributed by atoms with E-state index in [1.165, 1.54) is 33.2 Å². The Morgan fingerprint density at radius 1 is 0.610 bits per heavy atom. The molecule has 0 bridgehead atoms. The number of para-hydroxylation sites is 2. The Morgan fingerprint density at radius 3 is 2.29 bits per heavy atom. The molecule has 0 fully saturated rings. The van der Waals surface area contributed by atoms with Gasteiger partial charge in [-0.2, -0.15) is 0 Å². The van der Waals surface area contributed by atoms with Crippen LogP contribution < -0.4 is 0 Å².